The van der Waals surface area contributed by atoms with Gasteiger partial charge in [-0.15, -0.1) is 0 Å². The van der Waals surface area contributed by atoms with Crippen molar-refractivity contribution >= 4 is 30.5 Å². The highest BCUT2D eigenvalue weighted by molar-refractivity contribution is 7.56. The Kier molecular flexibility index (Phi) is 21.1. The number of nitrogen functional groups attached to an aromatic ring is 1. The molecule has 3 N–H and O–H groups in total. The van der Waals surface area contributed by atoms with Gasteiger partial charge in [-0.3, -0.25) is 9.36 Å². The molecule has 3 rings (SSSR count). The van der Waals surface area contributed by atoms with Crippen molar-refractivity contribution in [3.05, 3.63) is 12.7 Å². The van der Waals surface area contributed by atoms with Gasteiger partial charge in [-0.05, 0) is 52.4 Å². The van der Waals surface area contributed by atoms with Crippen molar-refractivity contribution in [2.75, 3.05) is 31.9 Å². The van der Waals surface area contributed by atoms with Crippen LogP contribution in [-0.4, -0.2) is 69.9 Å². The molecule has 2 aromatic rings. The van der Waals surface area contributed by atoms with Crippen molar-refractivity contribution < 1.29 is 28.1 Å². The van der Waals surface area contributed by atoms with Gasteiger partial charge in [0.2, 0.25) is 0 Å². The van der Waals surface area contributed by atoms with Gasteiger partial charge < -0.3 is 29.0 Å². The van der Waals surface area contributed by atoms with Crippen LogP contribution in [-0.2, 0) is 34.6 Å². The van der Waals surface area contributed by atoms with E-state index in [9.17, 15) is 9.36 Å². The van der Waals surface area contributed by atoms with E-state index >= 15 is 0 Å². The Morgan fingerprint density at radius 3 is 2.16 bits per heavy atom. The summed E-state index contributed by atoms with van der Waals surface area (Å²) in [5.74, 6) is -0.116. The molecule has 0 spiro atoms. The van der Waals surface area contributed by atoms with Crippen LogP contribution >= 0.6 is 7.52 Å². The summed E-state index contributed by atoms with van der Waals surface area (Å²) in [6.07, 6.45) is 26.6. The smallest absolute Gasteiger partial charge is 0.323 e. The molecule has 13 heteroatoms. The SMILES string of the molecule is CCCCCCCCCCCCCCCCOCCCOP(=O)(CO[C@H](C)Cn1cnc2c(N)ncnc21)N[C@@H](C)C(=O)OC1CCCCC1. The Bertz CT molecular complexity index is 1240. The number of nitrogens with two attached hydrogens (primary N) is 1. The molecular weight excluding hydrogens is 655 g/mol. The van der Waals surface area contributed by atoms with Gasteiger partial charge in [0.15, 0.2) is 11.5 Å². The first-order valence-electron chi connectivity index (χ1n) is 19.6. The van der Waals surface area contributed by atoms with Crippen molar-refractivity contribution in [1.82, 2.24) is 24.6 Å². The second kappa shape index (κ2) is 25.0. The fourth-order valence-electron chi connectivity index (χ4n) is 6.37. The number of fused-ring (bicyclic) bond motifs is 1. The lowest BCUT2D eigenvalue weighted by atomic mass is 9.98. The number of carbonyl (C=O) groups is 1. The molecule has 286 valence electrons. The Labute approximate surface area is 301 Å². The Morgan fingerprint density at radius 1 is 0.880 bits per heavy atom. The average Bonchev–Trinajstić information content (AvgIpc) is 3.52. The molecular formula is C37H67N6O6P. The second-order valence-electron chi connectivity index (χ2n) is 14.1. The summed E-state index contributed by atoms with van der Waals surface area (Å²) in [7, 11) is -3.57. The zero-order valence-electron chi connectivity index (χ0n) is 31.3. The zero-order valence-corrected chi connectivity index (χ0v) is 32.2. The van der Waals surface area contributed by atoms with Crippen molar-refractivity contribution in [3.63, 3.8) is 0 Å². The molecule has 2 heterocycles. The maximum absolute atomic E-state index is 14.0. The number of hydrogen-bond acceptors (Lipinski definition) is 10. The lowest BCUT2D eigenvalue weighted by Gasteiger charge is -2.27. The standard InChI is InChI=1S/C37H67N6O6P/c1-4-5-6-7-8-9-10-11-12-13-14-15-16-20-24-46-25-21-26-48-50(45,42-32(3)37(44)49-33-22-18-17-19-23-33)30-47-31(2)27-43-29-41-34-35(38)39-28-40-36(34)43/h28-29,31-33H,4-27,30H2,1-3H3,(H,42,45)(H2,38,39,40)/t31-,32+,50?/m1/s1. The van der Waals surface area contributed by atoms with Crippen LogP contribution in [0.25, 0.3) is 11.2 Å². The fourth-order valence-corrected chi connectivity index (χ4v) is 8.16. The first-order valence-corrected chi connectivity index (χ1v) is 21.4. The lowest BCUT2D eigenvalue weighted by Crippen LogP contribution is -2.37. The molecule has 1 aliphatic rings. The van der Waals surface area contributed by atoms with Crippen LogP contribution in [0.1, 0.15) is 149 Å². The summed E-state index contributed by atoms with van der Waals surface area (Å²) in [6, 6.07) is -0.810. The number of anilines is 1. The molecule has 1 aliphatic carbocycles. The van der Waals surface area contributed by atoms with Gasteiger partial charge >= 0.3 is 5.97 Å². The van der Waals surface area contributed by atoms with E-state index in [4.69, 9.17) is 24.5 Å². The van der Waals surface area contributed by atoms with Gasteiger partial charge in [0.25, 0.3) is 7.52 Å². The van der Waals surface area contributed by atoms with E-state index in [1.165, 1.54) is 96.2 Å². The number of nitrogens with zero attached hydrogens (tertiary/aromatic N) is 4. The molecule has 1 unspecified atom stereocenters. The third-order valence-corrected chi connectivity index (χ3v) is 11.2. The summed E-state index contributed by atoms with van der Waals surface area (Å²) in [5, 5.41) is 2.93. The molecule has 12 nitrogen and oxygen atoms in total. The number of aromatic nitrogens is 4. The third kappa shape index (κ3) is 16.9. The molecule has 0 saturated heterocycles. The Morgan fingerprint density at radius 2 is 1.50 bits per heavy atom. The monoisotopic (exact) mass is 722 g/mol. The molecule has 0 radical (unpaired) electrons. The third-order valence-electron chi connectivity index (χ3n) is 9.37. The van der Waals surface area contributed by atoms with Gasteiger partial charge in [0.05, 0.1) is 25.6 Å². The van der Waals surface area contributed by atoms with Gasteiger partial charge in [-0.25, -0.2) is 20.0 Å². The van der Waals surface area contributed by atoms with E-state index in [1.54, 1.807) is 13.3 Å². The first kappa shape index (κ1) is 42.3. The molecule has 1 fully saturated rings. The molecule has 1 saturated carbocycles. The number of unbranched alkanes of at least 4 members (excludes halogenated alkanes) is 13. The van der Waals surface area contributed by atoms with Crippen molar-refractivity contribution in [2.45, 2.75) is 174 Å². The Balaban J connectivity index is 1.33. The van der Waals surface area contributed by atoms with E-state index < -0.39 is 19.5 Å². The minimum Gasteiger partial charge on any atom is -0.461 e. The summed E-state index contributed by atoms with van der Waals surface area (Å²) < 4.78 is 39.3. The van der Waals surface area contributed by atoms with E-state index in [1.807, 2.05) is 11.5 Å². The number of ether oxygens (including phenoxy) is 3. The van der Waals surface area contributed by atoms with E-state index in [2.05, 4.69) is 27.0 Å². The molecule has 0 bridgehead atoms. The topological polar surface area (TPSA) is 153 Å². The van der Waals surface area contributed by atoms with Crippen LogP contribution in [0.4, 0.5) is 5.82 Å². The van der Waals surface area contributed by atoms with Crippen LogP contribution in [0.15, 0.2) is 12.7 Å². The number of nitrogens with one attached hydrogen (secondary N) is 1. The largest absolute Gasteiger partial charge is 0.461 e. The van der Waals surface area contributed by atoms with Gasteiger partial charge in [-0.2, -0.15) is 0 Å². The number of esters is 1. The van der Waals surface area contributed by atoms with Gasteiger partial charge in [0.1, 0.15) is 30.3 Å². The van der Waals surface area contributed by atoms with E-state index in [0.717, 1.165) is 38.7 Å². The number of rotatable bonds is 29. The van der Waals surface area contributed by atoms with Crippen LogP contribution in [0.3, 0.4) is 0 Å². The first-order chi connectivity index (χ1) is 24.3. The van der Waals surface area contributed by atoms with E-state index in [-0.39, 0.29) is 25.2 Å². The van der Waals surface area contributed by atoms with Gasteiger partial charge in [-0.1, -0.05) is 96.8 Å². The number of hydrogen-bond donors (Lipinski definition) is 2. The maximum Gasteiger partial charge on any atom is 0.323 e. The number of carbonyl (C=O) groups excluding carboxylic acids is 1. The molecule has 0 aromatic carbocycles. The number of imidazole rings is 1. The second-order valence-corrected chi connectivity index (χ2v) is 16.2. The summed E-state index contributed by atoms with van der Waals surface area (Å²) in [4.78, 5) is 25.5. The molecule has 0 aliphatic heterocycles. The zero-order chi connectivity index (χ0) is 35.9. The highest BCUT2D eigenvalue weighted by atomic mass is 31.2. The predicted molar refractivity (Wildman–Crippen MR) is 200 cm³/mol. The fraction of sp³-hybridized carbons (Fsp3) is 0.838. The molecule has 50 heavy (non-hydrogen) atoms. The van der Waals surface area contributed by atoms with Crippen LogP contribution < -0.4 is 10.8 Å². The minimum absolute atomic E-state index is 0.0863. The average molecular weight is 723 g/mol. The Hall–Kier alpha value is -2.11. The molecule has 0 amide bonds. The lowest BCUT2D eigenvalue weighted by molar-refractivity contribution is -0.152. The van der Waals surface area contributed by atoms with Crippen molar-refractivity contribution in [2.24, 2.45) is 0 Å². The van der Waals surface area contributed by atoms with E-state index in [0.29, 0.717) is 36.6 Å². The summed E-state index contributed by atoms with van der Waals surface area (Å²) in [5.41, 5.74) is 7.04. The summed E-state index contributed by atoms with van der Waals surface area (Å²) >= 11 is 0. The molecule has 3 atom stereocenters. The minimum atomic E-state index is -3.57. The highest BCUT2D eigenvalue weighted by Gasteiger charge is 2.31. The quantitative estimate of drug-likeness (QED) is 0.0471. The van der Waals surface area contributed by atoms with Crippen LogP contribution in [0.5, 0.6) is 0 Å². The van der Waals surface area contributed by atoms with Crippen molar-refractivity contribution in [3.8, 4) is 0 Å². The highest BCUT2D eigenvalue weighted by Crippen LogP contribution is 2.43. The normalized spacial score (nSPS) is 16.4. The van der Waals surface area contributed by atoms with Gasteiger partial charge in [0, 0.05) is 13.2 Å². The molecule has 2 aromatic heterocycles. The van der Waals surface area contributed by atoms with Crippen LogP contribution in [0.2, 0.25) is 0 Å². The van der Waals surface area contributed by atoms with Crippen molar-refractivity contribution in [1.29, 1.82) is 0 Å². The maximum atomic E-state index is 14.0. The predicted octanol–water partition coefficient (Wildman–Crippen LogP) is 8.72. The summed E-state index contributed by atoms with van der Waals surface area (Å²) in [6.45, 7) is 7.66. The van der Waals surface area contributed by atoms with Crippen LogP contribution in [0, 0.1) is 0 Å².